The van der Waals surface area contributed by atoms with E-state index in [-0.39, 0.29) is 5.91 Å². The molecule has 1 aliphatic rings. The molecule has 2 N–H and O–H groups in total. The highest BCUT2D eigenvalue weighted by atomic mass is 32.2. The number of nitrogens with two attached hydrogens (primary N) is 1. The molecule has 1 heterocycles. The van der Waals surface area contributed by atoms with Crippen molar-refractivity contribution in [3.8, 4) is 0 Å². The van der Waals surface area contributed by atoms with Gasteiger partial charge in [0, 0.05) is 0 Å². The van der Waals surface area contributed by atoms with Gasteiger partial charge in [-0.05, 0) is 19.3 Å². The molecular formula is C8H14N2OS. The largest absolute Gasteiger partial charge is 0.378 e. The maximum absolute atomic E-state index is 11.4. The Labute approximate surface area is 76.8 Å². The Morgan fingerprint density at radius 1 is 1.67 bits per heavy atom. The number of carbonyl (C=O) groups is 1. The van der Waals surface area contributed by atoms with Crippen LogP contribution >= 0.6 is 11.8 Å². The molecule has 0 bridgehead atoms. The molecule has 4 heteroatoms. The molecule has 68 valence electrons. The van der Waals surface area contributed by atoms with Crippen molar-refractivity contribution in [3.63, 3.8) is 0 Å². The number of hydrogen-bond donors (Lipinski definition) is 1. The highest BCUT2D eigenvalue weighted by Crippen LogP contribution is 2.37. The van der Waals surface area contributed by atoms with E-state index in [1.165, 1.54) is 11.8 Å². The van der Waals surface area contributed by atoms with E-state index in [1.807, 2.05) is 6.92 Å². The van der Waals surface area contributed by atoms with Crippen LogP contribution in [-0.4, -0.2) is 15.8 Å². The van der Waals surface area contributed by atoms with Crippen molar-refractivity contribution in [1.82, 2.24) is 0 Å². The Bertz CT molecular complexity index is 237. The highest BCUT2D eigenvalue weighted by molar-refractivity contribution is 8.16. The zero-order valence-corrected chi connectivity index (χ0v) is 8.44. The average Bonchev–Trinajstić information content (AvgIpc) is 2.04. The molecule has 0 aromatic carbocycles. The van der Waals surface area contributed by atoms with Crippen LogP contribution in [0, 0.1) is 5.92 Å². The van der Waals surface area contributed by atoms with E-state index >= 15 is 0 Å². The zero-order chi connectivity index (χ0) is 9.35. The van der Waals surface area contributed by atoms with E-state index in [9.17, 15) is 4.79 Å². The smallest absolute Gasteiger partial charge is 0.264 e. The number of rotatable bonds is 2. The summed E-state index contributed by atoms with van der Waals surface area (Å²) in [4.78, 5) is 15.1. The third-order valence-corrected chi connectivity index (χ3v) is 2.88. The molecule has 3 nitrogen and oxygen atoms in total. The lowest BCUT2D eigenvalue weighted by Gasteiger charge is -2.21. The Morgan fingerprint density at radius 2 is 2.25 bits per heavy atom. The van der Waals surface area contributed by atoms with Gasteiger partial charge in [0.1, 0.15) is 4.75 Å². The van der Waals surface area contributed by atoms with Gasteiger partial charge in [-0.1, -0.05) is 25.6 Å². The van der Waals surface area contributed by atoms with Crippen molar-refractivity contribution in [2.45, 2.75) is 31.9 Å². The van der Waals surface area contributed by atoms with Crippen molar-refractivity contribution in [3.05, 3.63) is 0 Å². The van der Waals surface area contributed by atoms with Gasteiger partial charge in [0.15, 0.2) is 5.17 Å². The summed E-state index contributed by atoms with van der Waals surface area (Å²) in [5.74, 6) is 0.409. The van der Waals surface area contributed by atoms with E-state index in [1.54, 1.807) is 0 Å². The quantitative estimate of drug-likeness (QED) is 0.708. The molecule has 0 aliphatic carbocycles. The van der Waals surface area contributed by atoms with Crippen LogP contribution in [0.5, 0.6) is 0 Å². The summed E-state index contributed by atoms with van der Waals surface area (Å²) in [6, 6.07) is 0. The number of thioether (sulfide) groups is 1. The predicted molar refractivity (Wildman–Crippen MR) is 52.1 cm³/mol. The Kier molecular flexibility index (Phi) is 2.46. The molecular weight excluding hydrogens is 172 g/mol. The van der Waals surface area contributed by atoms with E-state index in [4.69, 9.17) is 5.73 Å². The van der Waals surface area contributed by atoms with Gasteiger partial charge in [-0.15, -0.1) is 0 Å². The number of aliphatic imine (C=N–C) groups is 1. The lowest BCUT2D eigenvalue weighted by Crippen LogP contribution is -2.29. The Hall–Kier alpha value is -0.510. The van der Waals surface area contributed by atoms with Crippen molar-refractivity contribution in [2.75, 3.05) is 0 Å². The van der Waals surface area contributed by atoms with Crippen molar-refractivity contribution in [2.24, 2.45) is 16.6 Å². The molecule has 12 heavy (non-hydrogen) atoms. The van der Waals surface area contributed by atoms with Gasteiger partial charge in [0.05, 0.1) is 0 Å². The van der Waals surface area contributed by atoms with Gasteiger partial charge < -0.3 is 5.73 Å². The number of amidine groups is 1. The van der Waals surface area contributed by atoms with Gasteiger partial charge in [-0.3, -0.25) is 4.79 Å². The fourth-order valence-electron chi connectivity index (χ4n) is 1.42. The van der Waals surface area contributed by atoms with E-state index in [0.717, 1.165) is 6.42 Å². The fourth-order valence-corrected chi connectivity index (χ4v) is 2.56. The van der Waals surface area contributed by atoms with Gasteiger partial charge in [0.25, 0.3) is 5.91 Å². The molecule has 1 atom stereocenters. The van der Waals surface area contributed by atoms with Crippen LogP contribution in [0.2, 0.25) is 0 Å². The third-order valence-electron chi connectivity index (χ3n) is 1.79. The normalized spacial score (nSPS) is 29.7. The van der Waals surface area contributed by atoms with Crippen LogP contribution in [0.4, 0.5) is 0 Å². The third kappa shape index (κ3) is 1.80. The zero-order valence-electron chi connectivity index (χ0n) is 7.63. The first-order valence-corrected chi connectivity index (χ1v) is 4.83. The van der Waals surface area contributed by atoms with Crippen LogP contribution in [0.1, 0.15) is 27.2 Å². The summed E-state index contributed by atoms with van der Waals surface area (Å²) < 4.78 is -0.405. The molecule has 1 aliphatic heterocycles. The maximum atomic E-state index is 11.4. The van der Waals surface area contributed by atoms with Crippen LogP contribution < -0.4 is 5.73 Å². The predicted octanol–water partition coefficient (Wildman–Crippen LogP) is 1.38. The number of nitrogens with zero attached hydrogens (tertiary/aromatic N) is 1. The molecule has 0 saturated carbocycles. The molecule has 1 amide bonds. The summed E-state index contributed by atoms with van der Waals surface area (Å²) in [5, 5.41) is 0.406. The number of carbonyl (C=O) groups excluding carboxylic acids is 1. The molecule has 0 aromatic rings. The van der Waals surface area contributed by atoms with Crippen molar-refractivity contribution in [1.29, 1.82) is 0 Å². The summed E-state index contributed by atoms with van der Waals surface area (Å²) in [7, 11) is 0. The van der Waals surface area contributed by atoms with Crippen LogP contribution in [0.3, 0.4) is 0 Å². The van der Waals surface area contributed by atoms with Gasteiger partial charge in [0.2, 0.25) is 0 Å². The maximum Gasteiger partial charge on any atom is 0.264 e. The molecule has 1 unspecified atom stereocenters. The highest BCUT2D eigenvalue weighted by Gasteiger charge is 2.40. The number of hydrogen-bond acceptors (Lipinski definition) is 3. The SMILES string of the molecule is CC(C)CC1(C)SC(N)=NC1=O. The van der Waals surface area contributed by atoms with Gasteiger partial charge in [-0.25, -0.2) is 0 Å². The van der Waals surface area contributed by atoms with E-state index < -0.39 is 4.75 Å². The van der Waals surface area contributed by atoms with E-state index in [0.29, 0.717) is 11.1 Å². The van der Waals surface area contributed by atoms with Crippen LogP contribution in [-0.2, 0) is 4.79 Å². The van der Waals surface area contributed by atoms with Crippen LogP contribution in [0.25, 0.3) is 0 Å². The molecule has 0 spiro atoms. The lowest BCUT2D eigenvalue weighted by molar-refractivity contribution is -0.119. The van der Waals surface area contributed by atoms with Gasteiger partial charge in [-0.2, -0.15) is 4.99 Å². The topological polar surface area (TPSA) is 55.4 Å². The van der Waals surface area contributed by atoms with Crippen LogP contribution in [0.15, 0.2) is 4.99 Å². The second-order valence-corrected chi connectivity index (χ2v) is 5.21. The second-order valence-electron chi connectivity index (χ2n) is 3.69. The molecule has 0 radical (unpaired) electrons. The monoisotopic (exact) mass is 186 g/mol. The number of amides is 1. The molecule has 0 fully saturated rings. The van der Waals surface area contributed by atoms with Crippen molar-refractivity contribution < 1.29 is 4.79 Å². The summed E-state index contributed by atoms with van der Waals surface area (Å²) in [6.07, 6.45) is 0.834. The Balaban J connectivity index is 2.70. The summed E-state index contributed by atoms with van der Waals surface area (Å²) in [5.41, 5.74) is 5.47. The summed E-state index contributed by atoms with van der Waals surface area (Å²) >= 11 is 1.38. The first kappa shape index (κ1) is 9.58. The first-order valence-electron chi connectivity index (χ1n) is 4.01. The first-order chi connectivity index (χ1) is 5.44. The minimum Gasteiger partial charge on any atom is -0.378 e. The Morgan fingerprint density at radius 3 is 2.58 bits per heavy atom. The molecule has 0 aromatic heterocycles. The second kappa shape index (κ2) is 3.09. The minimum absolute atomic E-state index is 0.0845. The van der Waals surface area contributed by atoms with E-state index in [2.05, 4.69) is 18.8 Å². The van der Waals surface area contributed by atoms with Gasteiger partial charge >= 0.3 is 0 Å². The minimum atomic E-state index is -0.405. The average molecular weight is 186 g/mol. The summed E-state index contributed by atoms with van der Waals surface area (Å²) in [6.45, 7) is 6.09. The fraction of sp³-hybridized carbons (Fsp3) is 0.750. The standard InChI is InChI=1S/C8H14N2OS/c1-5(2)4-8(3)6(11)10-7(9)12-8/h5H,4H2,1-3H3,(H2,9,10,11). The van der Waals surface area contributed by atoms with Crippen molar-refractivity contribution >= 4 is 22.8 Å². The molecule has 0 saturated heterocycles. The lowest BCUT2D eigenvalue weighted by atomic mass is 9.97. The molecule has 1 rings (SSSR count).